The zero-order valence-electron chi connectivity index (χ0n) is 18.2. The van der Waals surface area contributed by atoms with Gasteiger partial charge in [-0.3, -0.25) is 0 Å². The zero-order chi connectivity index (χ0) is 19.7. The second kappa shape index (κ2) is 8.05. The van der Waals surface area contributed by atoms with Crippen LogP contribution in [0, 0.1) is 12.3 Å². The van der Waals surface area contributed by atoms with Gasteiger partial charge in [-0.25, -0.2) is 0 Å². The molecule has 3 rings (SSSR count). The summed E-state index contributed by atoms with van der Waals surface area (Å²) in [5, 5.41) is 0. The van der Waals surface area contributed by atoms with Gasteiger partial charge in [0.15, 0.2) is 0 Å². The Kier molecular flexibility index (Phi) is 5.94. The van der Waals surface area contributed by atoms with Crippen molar-refractivity contribution >= 4 is 6.08 Å². The first-order valence-corrected chi connectivity index (χ1v) is 10.7. The maximum Gasteiger partial charge on any atom is 0.0167 e. The van der Waals surface area contributed by atoms with E-state index in [1.165, 1.54) is 50.9 Å². The summed E-state index contributed by atoms with van der Waals surface area (Å²) in [5.74, 6) is 1.65. The van der Waals surface area contributed by atoms with E-state index < -0.39 is 0 Å². The molecular weight excluding hydrogens is 324 g/mol. The van der Waals surface area contributed by atoms with Gasteiger partial charge in [0.05, 0.1) is 0 Å². The maximum atomic E-state index is 2.44. The lowest BCUT2D eigenvalue weighted by Crippen LogP contribution is -1.99. The fourth-order valence-corrected chi connectivity index (χ4v) is 3.99. The minimum absolute atomic E-state index is 0.544. The van der Waals surface area contributed by atoms with E-state index in [0.717, 1.165) is 6.42 Å². The normalized spacial score (nSPS) is 13.6. The van der Waals surface area contributed by atoms with E-state index in [1.54, 1.807) is 0 Å². The van der Waals surface area contributed by atoms with E-state index in [2.05, 4.69) is 91.3 Å². The molecule has 0 heteroatoms. The molecule has 27 heavy (non-hydrogen) atoms. The summed E-state index contributed by atoms with van der Waals surface area (Å²) in [6.45, 7) is 16.1. The smallest absolute Gasteiger partial charge is 0.0167 e. The summed E-state index contributed by atoms with van der Waals surface area (Å²) in [6.07, 6.45) is 7.13. The Hall–Kier alpha value is -1.82. The Labute approximate surface area is 166 Å². The summed E-state index contributed by atoms with van der Waals surface area (Å²) in [7, 11) is 0. The predicted octanol–water partition coefficient (Wildman–Crippen LogP) is 8.16. The standard InChI is InChI=1S/C27H35/c1-8-9-20-10-11-21-12-24(19(6)7)16-26(21)27(20)25-14-22(17(2)3)13-23(15-25)18(4)5/h10-19H,8-9H2,1-7H3. The summed E-state index contributed by atoms with van der Waals surface area (Å²) < 4.78 is 0. The molecule has 1 aliphatic rings. The highest BCUT2D eigenvalue weighted by molar-refractivity contribution is 5.86. The number of hydrogen-bond acceptors (Lipinski definition) is 0. The Morgan fingerprint density at radius 1 is 0.778 bits per heavy atom. The number of rotatable bonds is 6. The molecule has 0 spiro atoms. The van der Waals surface area contributed by atoms with E-state index in [9.17, 15) is 0 Å². The molecule has 143 valence electrons. The Morgan fingerprint density at radius 2 is 1.41 bits per heavy atom. The first-order valence-electron chi connectivity index (χ1n) is 10.7. The second-order valence-electron chi connectivity index (χ2n) is 8.99. The minimum Gasteiger partial charge on any atom is -0.0651 e. The van der Waals surface area contributed by atoms with Crippen LogP contribution >= 0.6 is 0 Å². The molecule has 1 radical (unpaired) electrons. The van der Waals surface area contributed by atoms with Crippen LogP contribution in [0.5, 0.6) is 0 Å². The molecule has 0 heterocycles. The summed E-state index contributed by atoms with van der Waals surface area (Å²) >= 11 is 0. The van der Waals surface area contributed by atoms with Crippen LogP contribution in [-0.4, -0.2) is 0 Å². The van der Waals surface area contributed by atoms with Crippen LogP contribution in [0.2, 0.25) is 0 Å². The van der Waals surface area contributed by atoms with E-state index >= 15 is 0 Å². The fraction of sp³-hybridized carbons (Fsp3) is 0.444. The molecule has 0 fully saturated rings. The van der Waals surface area contributed by atoms with E-state index in [4.69, 9.17) is 0 Å². The van der Waals surface area contributed by atoms with Crippen molar-refractivity contribution in [2.24, 2.45) is 5.92 Å². The van der Waals surface area contributed by atoms with Gasteiger partial charge in [0.2, 0.25) is 0 Å². The molecule has 0 nitrogen and oxygen atoms in total. The highest BCUT2D eigenvalue weighted by atomic mass is 14.3. The third kappa shape index (κ3) is 4.05. The Morgan fingerprint density at radius 3 is 1.93 bits per heavy atom. The van der Waals surface area contributed by atoms with Gasteiger partial charge in [0.1, 0.15) is 0 Å². The van der Waals surface area contributed by atoms with Gasteiger partial charge in [-0.05, 0) is 63.1 Å². The van der Waals surface area contributed by atoms with Crippen molar-refractivity contribution in [1.29, 1.82) is 0 Å². The van der Waals surface area contributed by atoms with E-state index in [0.29, 0.717) is 17.8 Å². The molecule has 1 aliphatic carbocycles. The third-order valence-corrected chi connectivity index (χ3v) is 5.78. The molecule has 2 aromatic rings. The van der Waals surface area contributed by atoms with Gasteiger partial charge < -0.3 is 0 Å². The number of fused-ring (bicyclic) bond motifs is 1. The summed E-state index contributed by atoms with van der Waals surface area (Å²) in [5.41, 5.74) is 11.5. The lowest BCUT2D eigenvalue weighted by molar-refractivity contribution is 0.789. The van der Waals surface area contributed by atoms with Crippen LogP contribution in [0.4, 0.5) is 0 Å². The van der Waals surface area contributed by atoms with Crippen molar-refractivity contribution in [3.63, 3.8) is 0 Å². The van der Waals surface area contributed by atoms with Gasteiger partial charge in [-0.15, -0.1) is 0 Å². The van der Waals surface area contributed by atoms with E-state index in [1.807, 2.05) is 0 Å². The highest BCUT2D eigenvalue weighted by Crippen LogP contribution is 2.41. The third-order valence-electron chi connectivity index (χ3n) is 5.78. The SMILES string of the molecule is CCCc1ccc2c(c1-c1cc(C(C)C)cc(C(C)C)c1)C=C(C(C)C)[CH]2. The summed E-state index contributed by atoms with van der Waals surface area (Å²) in [4.78, 5) is 0. The molecule has 0 bridgehead atoms. The van der Waals surface area contributed by atoms with Gasteiger partial charge in [0.25, 0.3) is 0 Å². The molecule has 0 aliphatic heterocycles. The van der Waals surface area contributed by atoms with Crippen molar-refractivity contribution in [3.8, 4) is 11.1 Å². The summed E-state index contributed by atoms with van der Waals surface area (Å²) in [6, 6.07) is 12.0. The quantitative estimate of drug-likeness (QED) is 0.488. The van der Waals surface area contributed by atoms with Gasteiger partial charge in [0, 0.05) is 6.42 Å². The van der Waals surface area contributed by atoms with Crippen LogP contribution < -0.4 is 0 Å². The van der Waals surface area contributed by atoms with Crippen LogP contribution in [0.1, 0.15) is 94.5 Å². The molecule has 2 aromatic carbocycles. The molecule has 0 saturated heterocycles. The number of hydrogen-bond donors (Lipinski definition) is 0. The van der Waals surface area contributed by atoms with Crippen LogP contribution in [0.3, 0.4) is 0 Å². The van der Waals surface area contributed by atoms with Crippen molar-refractivity contribution < 1.29 is 0 Å². The second-order valence-corrected chi connectivity index (χ2v) is 8.99. The van der Waals surface area contributed by atoms with Crippen LogP contribution in [0.25, 0.3) is 17.2 Å². The predicted molar refractivity (Wildman–Crippen MR) is 120 cm³/mol. The Bertz CT molecular complexity index is 820. The molecule has 0 atom stereocenters. The molecule has 0 aromatic heterocycles. The lowest BCUT2D eigenvalue weighted by atomic mass is 9.86. The monoisotopic (exact) mass is 359 g/mol. The van der Waals surface area contributed by atoms with Crippen molar-refractivity contribution in [2.75, 3.05) is 0 Å². The van der Waals surface area contributed by atoms with Crippen molar-refractivity contribution in [1.82, 2.24) is 0 Å². The average molecular weight is 360 g/mol. The topological polar surface area (TPSA) is 0 Å². The van der Waals surface area contributed by atoms with Crippen molar-refractivity contribution in [2.45, 2.75) is 73.1 Å². The molecule has 0 unspecified atom stereocenters. The number of aryl methyl sites for hydroxylation is 1. The largest absolute Gasteiger partial charge is 0.0651 e. The van der Waals surface area contributed by atoms with Gasteiger partial charge >= 0.3 is 0 Å². The van der Waals surface area contributed by atoms with Crippen LogP contribution in [-0.2, 0) is 6.42 Å². The number of benzene rings is 2. The zero-order valence-corrected chi connectivity index (χ0v) is 18.2. The molecule has 0 saturated carbocycles. The fourth-order valence-electron chi connectivity index (χ4n) is 3.99. The van der Waals surface area contributed by atoms with Crippen molar-refractivity contribution in [3.05, 3.63) is 70.1 Å². The first kappa shape index (κ1) is 19.9. The number of allylic oxidation sites excluding steroid dienone is 1. The van der Waals surface area contributed by atoms with Crippen LogP contribution in [0.15, 0.2) is 35.9 Å². The van der Waals surface area contributed by atoms with Gasteiger partial charge in [-0.1, -0.05) is 96.9 Å². The lowest BCUT2D eigenvalue weighted by Gasteiger charge is -2.19. The molecule has 0 N–H and O–H groups in total. The minimum atomic E-state index is 0.544. The maximum absolute atomic E-state index is 2.44. The average Bonchev–Trinajstić information content (AvgIpc) is 3.05. The molecular formula is C27H35. The first-order chi connectivity index (χ1) is 12.8. The Balaban J connectivity index is 2.26. The highest BCUT2D eigenvalue weighted by Gasteiger charge is 2.22. The van der Waals surface area contributed by atoms with Gasteiger partial charge in [-0.2, -0.15) is 0 Å². The van der Waals surface area contributed by atoms with E-state index in [-0.39, 0.29) is 0 Å². The molecule has 0 amide bonds.